The van der Waals surface area contributed by atoms with Crippen LogP contribution >= 0.6 is 0 Å². The molecule has 0 bridgehead atoms. The molecular formula is C30H29N3O2. The monoisotopic (exact) mass is 463 g/mol. The van der Waals surface area contributed by atoms with Crippen LogP contribution in [0.3, 0.4) is 0 Å². The maximum absolute atomic E-state index is 13.9. The van der Waals surface area contributed by atoms with Crippen LogP contribution in [-0.4, -0.2) is 26.9 Å². The third-order valence-corrected chi connectivity index (χ3v) is 6.84. The fourth-order valence-corrected chi connectivity index (χ4v) is 4.94. The summed E-state index contributed by atoms with van der Waals surface area (Å²) in [6.45, 7) is 3.68. The van der Waals surface area contributed by atoms with Crippen molar-refractivity contribution in [2.75, 3.05) is 6.54 Å². The van der Waals surface area contributed by atoms with E-state index in [4.69, 9.17) is 0 Å². The zero-order chi connectivity index (χ0) is 24.2. The van der Waals surface area contributed by atoms with Gasteiger partial charge in [0.25, 0.3) is 5.91 Å². The summed E-state index contributed by atoms with van der Waals surface area (Å²) in [7, 11) is 0. The number of pyridine rings is 2. The van der Waals surface area contributed by atoms with Crippen LogP contribution in [0, 0.1) is 6.92 Å². The van der Waals surface area contributed by atoms with Crippen LogP contribution in [0.2, 0.25) is 0 Å². The fourth-order valence-electron chi connectivity index (χ4n) is 4.94. The predicted octanol–water partition coefficient (Wildman–Crippen LogP) is 4.58. The molecule has 0 aliphatic carbocycles. The van der Waals surface area contributed by atoms with Gasteiger partial charge in [-0.1, -0.05) is 54.6 Å². The van der Waals surface area contributed by atoms with Crippen molar-refractivity contribution in [3.63, 3.8) is 0 Å². The molecule has 1 aliphatic heterocycles. The number of aromatic nitrogens is 2. The van der Waals surface area contributed by atoms with Crippen molar-refractivity contribution in [3.05, 3.63) is 135 Å². The fraction of sp³-hybridized carbons (Fsp3) is 0.233. The second-order valence-corrected chi connectivity index (χ2v) is 9.14. The first-order chi connectivity index (χ1) is 17.1. The van der Waals surface area contributed by atoms with E-state index in [1.54, 1.807) is 18.5 Å². The highest BCUT2D eigenvalue weighted by atomic mass is 16.2. The van der Waals surface area contributed by atoms with Crippen LogP contribution in [-0.2, 0) is 32.4 Å². The number of nitrogens with zero attached hydrogens (tertiary/aromatic N) is 3. The Morgan fingerprint density at radius 3 is 2.37 bits per heavy atom. The van der Waals surface area contributed by atoms with E-state index in [1.165, 1.54) is 11.1 Å². The van der Waals surface area contributed by atoms with Gasteiger partial charge in [0, 0.05) is 49.5 Å². The molecule has 3 heterocycles. The van der Waals surface area contributed by atoms with Gasteiger partial charge in [0.15, 0.2) is 5.43 Å². The molecule has 1 aliphatic rings. The molecule has 5 nitrogen and oxygen atoms in total. The van der Waals surface area contributed by atoms with Crippen LogP contribution < -0.4 is 5.43 Å². The average Bonchev–Trinajstić information content (AvgIpc) is 2.89. The molecule has 1 amide bonds. The number of amides is 1. The van der Waals surface area contributed by atoms with Crippen LogP contribution in [0.4, 0.5) is 0 Å². The van der Waals surface area contributed by atoms with Crippen molar-refractivity contribution < 1.29 is 4.79 Å². The van der Waals surface area contributed by atoms with E-state index in [2.05, 4.69) is 33.8 Å². The van der Waals surface area contributed by atoms with E-state index in [0.29, 0.717) is 31.6 Å². The third-order valence-electron chi connectivity index (χ3n) is 6.84. The van der Waals surface area contributed by atoms with E-state index < -0.39 is 0 Å². The number of rotatable bonds is 6. The summed E-state index contributed by atoms with van der Waals surface area (Å²) in [5.41, 5.74) is 6.47. The largest absolute Gasteiger partial charge is 0.343 e. The summed E-state index contributed by atoms with van der Waals surface area (Å²) in [5, 5.41) is 0. The number of aryl methyl sites for hydroxylation is 2. The molecule has 5 heteroatoms. The van der Waals surface area contributed by atoms with Crippen LogP contribution in [0.25, 0.3) is 0 Å². The van der Waals surface area contributed by atoms with Crippen molar-refractivity contribution in [2.45, 2.75) is 39.3 Å². The molecule has 176 valence electrons. The van der Waals surface area contributed by atoms with Crippen molar-refractivity contribution in [2.24, 2.45) is 0 Å². The number of hydrogen-bond donors (Lipinski definition) is 0. The Kier molecular flexibility index (Phi) is 6.57. The quantitative estimate of drug-likeness (QED) is 0.421. The highest BCUT2D eigenvalue weighted by molar-refractivity contribution is 5.95. The molecule has 0 fully saturated rings. The minimum Gasteiger partial charge on any atom is -0.343 e. The molecule has 0 saturated heterocycles. The van der Waals surface area contributed by atoms with E-state index in [0.717, 1.165) is 35.4 Å². The zero-order valence-electron chi connectivity index (χ0n) is 20.0. The Labute approximate surface area is 205 Å². The first-order valence-corrected chi connectivity index (χ1v) is 12.1. The van der Waals surface area contributed by atoms with E-state index >= 15 is 0 Å². The summed E-state index contributed by atoms with van der Waals surface area (Å²) in [6.07, 6.45) is 5.71. The standard InChI is InChI=1S/C30H29N3O2/c1-22-19-28(34)29(30(35)32-18-15-25-9-5-6-10-26(25)21-32)27(12-11-23-7-3-2-4-8-23)33(22)20-24-13-16-31-17-14-24/h2-10,13-14,16-17,19H,11-12,15,18,20-21H2,1H3. The molecule has 2 aromatic heterocycles. The summed E-state index contributed by atoms with van der Waals surface area (Å²) >= 11 is 0. The smallest absolute Gasteiger partial charge is 0.259 e. The number of carbonyl (C=O) groups is 1. The predicted molar refractivity (Wildman–Crippen MR) is 138 cm³/mol. The van der Waals surface area contributed by atoms with Gasteiger partial charge in [-0.15, -0.1) is 0 Å². The van der Waals surface area contributed by atoms with Gasteiger partial charge in [-0.2, -0.15) is 0 Å². The highest BCUT2D eigenvalue weighted by Gasteiger charge is 2.27. The van der Waals surface area contributed by atoms with Gasteiger partial charge in [-0.3, -0.25) is 14.6 Å². The maximum atomic E-state index is 13.9. The van der Waals surface area contributed by atoms with Crippen molar-refractivity contribution in [3.8, 4) is 0 Å². The van der Waals surface area contributed by atoms with Crippen LogP contribution in [0.15, 0.2) is 90.0 Å². The van der Waals surface area contributed by atoms with E-state index in [-0.39, 0.29) is 11.3 Å². The minimum atomic E-state index is -0.194. The van der Waals surface area contributed by atoms with Gasteiger partial charge in [0.1, 0.15) is 5.56 Å². The van der Waals surface area contributed by atoms with E-state index in [1.807, 2.05) is 54.3 Å². The Morgan fingerprint density at radius 1 is 0.886 bits per heavy atom. The second-order valence-electron chi connectivity index (χ2n) is 9.14. The van der Waals surface area contributed by atoms with Gasteiger partial charge < -0.3 is 9.47 Å². The summed E-state index contributed by atoms with van der Waals surface area (Å²) < 4.78 is 2.13. The lowest BCUT2D eigenvalue weighted by Gasteiger charge is -2.30. The first kappa shape index (κ1) is 22.8. The molecule has 0 saturated carbocycles. The Hall–Kier alpha value is -3.99. The lowest BCUT2D eigenvalue weighted by Crippen LogP contribution is -2.40. The molecular weight excluding hydrogens is 434 g/mol. The minimum absolute atomic E-state index is 0.170. The average molecular weight is 464 g/mol. The summed E-state index contributed by atoms with van der Waals surface area (Å²) in [6, 6.07) is 24.0. The van der Waals surface area contributed by atoms with E-state index in [9.17, 15) is 9.59 Å². The van der Waals surface area contributed by atoms with Crippen LogP contribution in [0.1, 0.15) is 44.0 Å². The molecule has 0 N–H and O–H groups in total. The highest BCUT2D eigenvalue weighted by Crippen LogP contribution is 2.22. The molecule has 0 spiro atoms. The second kappa shape index (κ2) is 10.1. The number of benzene rings is 2. The van der Waals surface area contributed by atoms with Crippen molar-refractivity contribution >= 4 is 5.91 Å². The van der Waals surface area contributed by atoms with Gasteiger partial charge in [-0.05, 0) is 60.6 Å². The Morgan fingerprint density at radius 2 is 1.60 bits per heavy atom. The van der Waals surface area contributed by atoms with Gasteiger partial charge in [0.05, 0.1) is 0 Å². The lowest BCUT2D eigenvalue weighted by atomic mass is 9.97. The molecule has 4 aromatic rings. The molecule has 2 aromatic carbocycles. The number of carbonyl (C=O) groups excluding carboxylic acids is 1. The van der Waals surface area contributed by atoms with Gasteiger partial charge >= 0.3 is 0 Å². The summed E-state index contributed by atoms with van der Waals surface area (Å²) in [4.78, 5) is 33.2. The zero-order valence-corrected chi connectivity index (χ0v) is 20.0. The lowest BCUT2D eigenvalue weighted by molar-refractivity contribution is 0.0731. The topological polar surface area (TPSA) is 55.2 Å². The molecule has 5 rings (SSSR count). The first-order valence-electron chi connectivity index (χ1n) is 12.1. The molecule has 0 unspecified atom stereocenters. The molecule has 35 heavy (non-hydrogen) atoms. The molecule has 0 radical (unpaired) electrons. The maximum Gasteiger partial charge on any atom is 0.259 e. The van der Waals surface area contributed by atoms with Crippen LogP contribution in [0.5, 0.6) is 0 Å². The van der Waals surface area contributed by atoms with Crippen molar-refractivity contribution in [1.29, 1.82) is 0 Å². The normalized spacial score (nSPS) is 12.9. The van der Waals surface area contributed by atoms with Gasteiger partial charge in [0.2, 0.25) is 0 Å². The SMILES string of the molecule is Cc1cc(=O)c(C(=O)N2CCc3ccccc3C2)c(CCc2ccccc2)n1Cc1ccncc1. The third kappa shape index (κ3) is 4.94. The van der Waals surface area contributed by atoms with Crippen molar-refractivity contribution in [1.82, 2.24) is 14.5 Å². The Bertz CT molecular complexity index is 1390. The number of hydrogen-bond acceptors (Lipinski definition) is 3. The Balaban J connectivity index is 1.55. The molecule has 0 atom stereocenters. The van der Waals surface area contributed by atoms with Gasteiger partial charge in [-0.25, -0.2) is 0 Å². The summed E-state index contributed by atoms with van der Waals surface area (Å²) in [5.74, 6) is -0.170. The number of fused-ring (bicyclic) bond motifs is 1.